The third kappa shape index (κ3) is 5.46. The zero-order chi connectivity index (χ0) is 20.9. The molecule has 0 saturated heterocycles. The van der Waals surface area contributed by atoms with Gasteiger partial charge in [0.2, 0.25) is 15.9 Å². The van der Waals surface area contributed by atoms with Crippen molar-refractivity contribution in [1.29, 1.82) is 0 Å². The van der Waals surface area contributed by atoms with E-state index in [1.807, 2.05) is 49.4 Å². The molecule has 1 N–H and O–H groups in total. The first-order valence-corrected chi connectivity index (χ1v) is 11.7. The molecule has 2 atom stereocenters. The van der Waals surface area contributed by atoms with Crippen LogP contribution in [0, 0.1) is 6.92 Å². The summed E-state index contributed by atoms with van der Waals surface area (Å²) in [7, 11) is -3.67. The minimum Gasteiger partial charge on any atom is -0.352 e. The summed E-state index contributed by atoms with van der Waals surface area (Å²) in [5.41, 5.74) is 2.12. The van der Waals surface area contributed by atoms with Gasteiger partial charge in [-0.2, -0.15) is 4.31 Å². The fraction of sp³-hybridized carbons (Fsp3) is 0.435. The van der Waals surface area contributed by atoms with Gasteiger partial charge in [0.05, 0.1) is 4.90 Å². The maximum atomic E-state index is 13.6. The van der Waals surface area contributed by atoms with Crippen molar-refractivity contribution in [3.05, 3.63) is 65.7 Å². The lowest BCUT2D eigenvalue weighted by Gasteiger charge is -2.39. The Morgan fingerprint density at radius 1 is 1.03 bits per heavy atom. The Morgan fingerprint density at radius 3 is 2.34 bits per heavy atom. The second-order valence-corrected chi connectivity index (χ2v) is 9.71. The quantitative estimate of drug-likeness (QED) is 0.752. The van der Waals surface area contributed by atoms with Crippen molar-refractivity contribution in [2.45, 2.75) is 62.9 Å². The number of hydrogen-bond donors (Lipinski definition) is 1. The van der Waals surface area contributed by atoms with Gasteiger partial charge in [-0.1, -0.05) is 60.9 Å². The van der Waals surface area contributed by atoms with Crippen molar-refractivity contribution in [2.75, 3.05) is 6.54 Å². The molecule has 1 saturated carbocycles. The molecule has 0 heterocycles. The van der Waals surface area contributed by atoms with Crippen LogP contribution in [0.2, 0.25) is 0 Å². The molecule has 1 aliphatic carbocycles. The van der Waals surface area contributed by atoms with Crippen LogP contribution in [0.25, 0.3) is 0 Å². The number of carbonyl (C=O) groups excluding carboxylic acids is 1. The second kappa shape index (κ2) is 9.55. The Bertz CT molecular complexity index is 911. The van der Waals surface area contributed by atoms with Gasteiger partial charge >= 0.3 is 0 Å². The molecular formula is C23H30N2O3S. The predicted octanol–water partition coefficient (Wildman–Crippen LogP) is 3.68. The molecule has 1 fully saturated rings. The van der Waals surface area contributed by atoms with E-state index in [0.29, 0.717) is 17.9 Å². The zero-order valence-corrected chi connectivity index (χ0v) is 18.0. The van der Waals surface area contributed by atoms with Crippen molar-refractivity contribution in [3.63, 3.8) is 0 Å². The Labute approximate surface area is 174 Å². The molecule has 3 rings (SSSR count). The molecule has 2 aromatic carbocycles. The summed E-state index contributed by atoms with van der Waals surface area (Å²) in [5.74, 6) is -0.113. The lowest BCUT2D eigenvalue weighted by molar-refractivity contribution is -0.120. The van der Waals surface area contributed by atoms with Gasteiger partial charge in [0, 0.05) is 25.6 Å². The van der Waals surface area contributed by atoms with E-state index < -0.39 is 10.0 Å². The van der Waals surface area contributed by atoms with Crippen molar-refractivity contribution in [2.24, 2.45) is 0 Å². The Hall–Kier alpha value is -2.18. The summed E-state index contributed by atoms with van der Waals surface area (Å²) >= 11 is 0. The molecule has 0 unspecified atom stereocenters. The fourth-order valence-corrected chi connectivity index (χ4v) is 5.77. The summed E-state index contributed by atoms with van der Waals surface area (Å²) in [6.45, 7) is 3.83. The highest BCUT2D eigenvalue weighted by molar-refractivity contribution is 7.89. The molecular weight excluding hydrogens is 384 g/mol. The van der Waals surface area contributed by atoms with Crippen molar-refractivity contribution < 1.29 is 13.2 Å². The fourth-order valence-electron chi connectivity index (χ4n) is 4.08. The summed E-state index contributed by atoms with van der Waals surface area (Å²) < 4.78 is 28.8. The average molecular weight is 415 g/mol. The molecule has 0 spiro atoms. The number of carbonyl (C=O) groups is 1. The predicted molar refractivity (Wildman–Crippen MR) is 115 cm³/mol. The normalized spacial score (nSPS) is 19.8. The standard InChI is InChI=1S/C23H30N2O3S/c1-18-12-14-21(15-13-18)29(27,28)25(17-16-20-8-4-3-5-9-20)23-11-7-6-10-22(23)24-19(2)26/h3-5,8-9,12-15,22-23H,6-7,10-11,16-17H2,1-2H3,(H,24,26)/t22-,23+/m1/s1. The first-order valence-electron chi connectivity index (χ1n) is 10.3. The van der Waals surface area contributed by atoms with Crippen LogP contribution in [0.3, 0.4) is 0 Å². The number of hydrogen-bond acceptors (Lipinski definition) is 3. The van der Waals surface area contributed by atoms with Crippen LogP contribution in [-0.4, -0.2) is 37.3 Å². The van der Waals surface area contributed by atoms with Crippen molar-refractivity contribution >= 4 is 15.9 Å². The third-order valence-electron chi connectivity index (χ3n) is 5.58. The van der Waals surface area contributed by atoms with E-state index in [4.69, 9.17) is 0 Å². The van der Waals surface area contributed by atoms with Gasteiger partial charge in [0.1, 0.15) is 0 Å². The van der Waals surface area contributed by atoms with Crippen LogP contribution < -0.4 is 5.32 Å². The molecule has 0 radical (unpaired) electrons. The molecule has 29 heavy (non-hydrogen) atoms. The number of aryl methyl sites for hydroxylation is 1. The first-order chi connectivity index (χ1) is 13.9. The molecule has 1 aliphatic rings. The molecule has 0 aliphatic heterocycles. The first kappa shape index (κ1) is 21.5. The van der Waals surface area contributed by atoms with Crippen LogP contribution in [0.5, 0.6) is 0 Å². The molecule has 1 amide bonds. The maximum absolute atomic E-state index is 13.6. The van der Waals surface area contributed by atoms with Crippen LogP contribution in [0.1, 0.15) is 43.7 Å². The minimum atomic E-state index is -3.67. The zero-order valence-electron chi connectivity index (χ0n) is 17.2. The lowest BCUT2D eigenvalue weighted by Crippen LogP contribution is -2.55. The number of rotatable bonds is 7. The van der Waals surface area contributed by atoms with E-state index in [2.05, 4.69) is 5.32 Å². The van der Waals surface area contributed by atoms with E-state index in [0.717, 1.165) is 36.8 Å². The van der Waals surface area contributed by atoms with E-state index in [9.17, 15) is 13.2 Å². The molecule has 6 heteroatoms. The van der Waals surface area contributed by atoms with Gasteiger partial charge in [-0.25, -0.2) is 8.42 Å². The van der Waals surface area contributed by atoms with E-state index in [1.54, 1.807) is 16.4 Å². The summed E-state index contributed by atoms with van der Waals surface area (Å²) in [6.07, 6.45) is 4.15. The monoisotopic (exact) mass is 414 g/mol. The van der Waals surface area contributed by atoms with Crippen LogP contribution in [0.15, 0.2) is 59.5 Å². The molecule has 5 nitrogen and oxygen atoms in total. The third-order valence-corrected chi connectivity index (χ3v) is 7.52. The van der Waals surface area contributed by atoms with Crippen LogP contribution in [-0.2, 0) is 21.2 Å². The van der Waals surface area contributed by atoms with Crippen LogP contribution >= 0.6 is 0 Å². The minimum absolute atomic E-state index is 0.113. The maximum Gasteiger partial charge on any atom is 0.243 e. The van der Waals surface area contributed by atoms with Crippen molar-refractivity contribution in [3.8, 4) is 0 Å². The topological polar surface area (TPSA) is 66.5 Å². The highest BCUT2D eigenvalue weighted by Crippen LogP contribution is 2.29. The average Bonchev–Trinajstić information content (AvgIpc) is 2.70. The highest BCUT2D eigenvalue weighted by atomic mass is 32.2. The largest absolute Gasteiger partial charge is 0.352 e. The van der Waals surface area contributed by atoms with Gasteiger partial charge in [-0.3, -0.25) is 4.79 Å². The summed E-state index contributed by atoms with van der Waals surface area (Å²) in [4.78, 5) is 12.0. The number of benzene rings is 2. The smallest absolute Gasteiger partial charge is 0.243 e. The van der Waals surface area contributed by atoms with Gasteiger partial charge in [0.25, 0.3) is 0 Å². The van der Waals surface area contributed by atoms with Gasteiger partial charge in [-0.05, 0) is 43.9 Å². The number of nitrogens with zero attached hydrogens (tertiary/aromatic N) is 1. The summed E-state index contributed by atoms with van der Waals surface area (Å²) in [6, 6.07) is 16.5. The Morgan fingerprint density at radius 2 is 1.69 bits per heavy atom. The Kier molecular flexibility index (Phi) is 7.09. The van der Waals surface area contributed by atoms with E-state index in [1.165, 1.54) is 6.92 Å². The lowest BCUT2D eigenvalue weighted by atomic mass is 9.90. The second-order valence-electron chi connectivity index (χ2n) is 7.82. The molecule has 0 bridgehead atoms. The van der Waals surface area contributed by atoms with Crippen molar-refractivity contribution in [1.82, 2.24) is 9.62 Å². The van der Waals surface area contributed by atoms with E-state index in [-0.39, 0.29) is 18.0 Å². The number of nitrogens with one attached hydrogen (secondary N) is 1. The van der Waals surface area contributed by atoms with Gasteiger partial charge in [-0.15, -0.1) is 0 Å². The SMILES string of the molecule is CC(=O)N[C@@H]1CCCC[C@@H]1N(CCc1ccccc1)S(=O)(=O)c1ccc(C)cc1. The van der Waals surface area contributed by atoms with Gasteiger partial charge < -0.3 is 5.32 Å². The number of sulfonamides is 1. The summed E-state index contributed by atoms with van der Waals surface area (Å²) in [5, 5.41) is 3.00. The highest BCUT2D eigenvalue weighted by Gasteiger charge is 2.37. The molecule has 156 valence electrons. The van der Waals surface area contributed by atoms with E-state index >= 15 is 0 Å². The number of amides is 1. The van der Waals surface area contributed by atoms with Gasteiger partial charge in [0.15, 0.2) is 0 Å². The van der Waals surface area contributed by atoms with Crippen LogP contribution in [0.4, 0.5) is 0 Å². The molecule has 0 aromatic heterocycles. The molecule has 2 aromatic rings. The Balaban J connectivity index is 1.93.